The number of aromatic nitrogens is 4. The summed E-state index contributed by atoms with van der Waals surface area (Å²) in [7, 11) is 1.79. The number of aromatic amines is 1. The quantitative estimate of drug-likeness (QED) is 0.472. The van der Waals surface area contributed by atoms with Gasteiger partial charge in [-0.2, -0.15) is 18.3 Å². The van der Waals surface area contributed by atoms with Crippen LogP contribution in [0, 0.1) is 19.7 Å². The number of aliphatic carboxylic acids is 1. The predicted molar refractivity (Wildman–Crippen MR) is 129 cm³/mol. The Labute approximate surface area is 218 Å². The largest absolute Gasteiger partial charge is 0.490 e. The Kier molecular flexibility index (Phi) is 8.51. The second kappa shape index (κ2) is 11.4. The van der Waals surface area contributed by atoms with Gasteiger partial charge in [-0.25, -0.2) is 19.3 Å². The maximum atomic E-state index is 14.5. The van der Waals surface area contributed by atoms with Crippen LogP contribution in [0.1, 0.15) is 32.7 Å². The number of benzene rings is 1. The number of hydrogen-bond acceptors (Lipinski definition) is 6. The van der Waals surface area contributed by atoms with Crippen molar-refractivity contribution in [2.75, 3.05) is 24.5 Å². The SMILES string of the molecule is Cc1c(Cc2ccc(F)c(C(=O)N3CCN(c4cncn4C)C(=O)C3)c2)n[nH]c(=O)c1C.O=C(O)C(F)(F)F. The number of rotatable bonds is 4. The minimum absolute atomic E-state index is 0.0944. The molecule has 39 heavy (non-hydrogen) atoms. The highest BCUT2D eigenvalue weighted by Gasteiger charge is 2.38. The molecule has 11 nitrogen and oxygen atoms in total. The van der Waals surface area contributed by atoms with Crippen LogP contribution in [0.5, 0.6) is 0 Å². The van der Waals surface area contributed by atoms with Crippen molar-refractivity contribution in [3.05, 3.63) is 74.8 Å². The number of alkyl halides is 3. The van der Waals surface area contributed by atoms with Gasteiger partial charge in [0, 0.05) is 32.1 Å². The molecule has 1 aliphatic rings. The Morgan fingerprint density at radius 2 is 1.79 bits per heavy atom. The smallest absolute Gasteiger partial charge is 0.475 e. The molecule has 208 valence electrons. The maximum Gasteiger partial charge on any atom is 0.490 e. The van der Waals surface area contributed by atoms with Gasteiger partial charge in [0.15, 0.2) is 0 Å². The van der Waals surface area contributed by atoms with Crippen LogP contribution < -0.4 is 10.5 Å². The summed E-state index contributed by atoms with van der Waals surface area (Å²) >= 11 is 0. The van der Waals surface area contributed by atoms with Crippen molar-refractivity contribution in [1.82, 2.24) is 24.6 Å². The molecule has 0 unspecified atom stereocenters. The van der Waals surface area contributed by atoms with E-state index in [-0.39, 0.29) is 30.1 Å². The third-order valence-electron chi connectivity index (χ3n) is 6.08. The molecule has 3 aromatic rings. The fourth-order valence-electron chi connectivity index (χ4n) is 3.75. The standard InChI is InChI=1S/C22H23FN6O3.C2HF3O2/c1-13-14(2)21(31)26-25-18(13)9-15-4-5-17(23)16(8-15)22(32)28-6-7-29(20(30)11-28)19-10-24-12-27(19)3;3-2(4,5)1(6)7/h4-5,8,10,12H,6-7,9,11H2,1-3H3,(H,26,31);(H,6,7). The van der Waals surface area contributed by atoms with E-state index in [4.69, 9.17) is 9.90 Å². The van der Waals surface area contributed by atoms with Crippen molar-refractivity contribution in [2.45, 2.75) is 26.4 Å². The first-order chi connectivity index (χ1) is 18.2. The molecule has 1 fully saturated rings. The molecule has 0 aliphatic carbocycles. The topological polar surface area (TPSA) is 141 Å². The normalized spacial score (nSPS) is 13.7. The van der Waals surface area contributed by atoms with Crippen molar-refractivity contribution in [3.63, 3.8) is 0 Å². The third-order valence-corrected chi connectivity index (χ3v) is 6.08. The second-order valence-electron chi connectivity index (χ2n) is 8.68. The second-order valence-corrected chi connectivity index (χ2v) is 8.68. The van der Waals surface area contributed by atoms with Crippen molar-refractivity contribution in [2.24, 2.45) is 7.05 Å². The van der Waals surface area contributed by atoms with Gasteiger partial charge in [0.25, 0.3) is 11.5 Å². The number of carbonyl (C=O) groups excluding carboxylic acids is 2. The van der Waals surface area contributed by atoms with E-state index in [1.54, 1.807) is 49.0 Å². The number of imidazole rings is 1. The fourth-order valence-corrected chi connectivity index (χ4v) is 3.75. The summed E-state index contributed by atoms with van der Waals surface area (Å²) in [5.74, 6) is -3.55. The molecule has 4 rings (SSSR count). The molecule has 0 atom stereocenters. The van der Waals surface area contributed by atoms with E-state index in [0.29, 0.717) is 35.6 Å². The van der Waals surface area contributed by atoms with E-state index in [1.807, 2.05) is 0 Å². The summed E-state index contributed by atoms with van der Waals surface area (Å²) in [5, 5.41) is 13.7. The Balaban J connectivity index is 0.000000532. The summed E-state index contributed by atoms with van der Waals surface area (Å²) in [6.07, 6.45) is -1.56. The first kappa shape index (κ1) is 29.0. The zero-order valence-corrected chi connectivity index (χ0v) is 21.0. The van der Waals surface area contributed by atoms with Gasteiger partial charge in [-0.15, -0.1) is 0 Å². The lowest BCUT2D eigenvalue weighted by molar-refractivity contribution is -0.192. The molecule has 1 aromatic carbocycles. The lowest BCUT2D eigenvalue weighted by Gasteiger charge is -2.34. The molecule has 3 heterocycles. The van der Waals surface area contributed by atoms with Gasteiger partial charge in [-0.3, -0.25) is 19.3 Å². The van der Waals surface area contributed by atoms with Crippen LogP contribution in [0.4, 0.5) is 23.4 Å². The van der Waals surface area contributed by atoms with Gasteiger partial charge < -0.3 is 14.6 Å². The maximum absolute atomic E-state index is 14.5. The summed E-state index contributed by atoms with van der Waals surface area (Å²) in [6.45, 7) is 3.94. The highest BCUT2D eigenvalue weighted by molar-refractivity contribution is 6.01. The van der Waals surface area contributed by atoms with E-state index in [0.717, 1.165) is 5.56 Å². The number of nitrogens with one attached hydrogen (secondary N) is 1. The van der Waals surface area contributed by atoms with Gasteiger partial charge in [0.2, 0.25) is 5.91 Å². The molecule has 1 saturated heterocycles. The van der Waals surface area contributed by atoms with E-state index in [9.17, 15) is 31.9 Å². The first-order valence-corrected chi connectivity index (χ1v) is 11.4. The molecule has 0 spiro atoms. The number of amides is 2. The molecule has 15 heteroatoms. The van der Waals surface area contributed by atoms with Gasteiger partial charge in [0.1, 0.15) is 18.2 Å². The van der Waals surface area contributed by atoms with Gasteiger partial charge in [-0.05, 0) is 37.1 Å². The van der Waals surface area contributed by atoms with Crippen molar-refractivity contribution < 1.29 is 37.1 Å². The van der Waals surface area contributed by atoms with Crippen LogP contribution in [-0.2, 0) is 23.1 Å². The molecule has 2 amide bonds. The molecular formula is C24H24F4N6O5. The van der Waals surface area contributed by atoms with Gasteiger partial charge in [0.05, 0.1) is 23.8 Å². The fraction of sp³-hybridized carbons (Fsp3) is 0.333. The summed E-state index contributed by atoms with van der Waals surface area (Å²) in [4.78, 5) is 53.2. The minimum Gasteiger partial charge on any atom is -0.475 e. The molecule has 0 bridgehead atoms. The van der Waals surface area contributed by atoms with Gasteiger partial charge in [-0.1, -0.05) is 6.07 Å². The Morgan fingerprint density at radius 1 is 1.13 bits per heavy atom. The Hall–Kier alpha value is -4.56. The van der Waals surface area contributed by atoms with Crippen LogP contribution in [0.2, 0.25) is 0 Å². The van der Waals surface area contributed by atoms with E-state index >= 15 is 0 Å². The zero-order chi connectivity index (χ0) is 29.1. The molecule has 0 radical (unpaired) electrons. The van der Waals surface area contributed by atoms with Crippen LogP contribution in [0.15, 0.2) is 35.5 Å². The minimum atomic E-state index is -5.08. The molecule has 1 aliphatic heterocycles. The average Bonchev–Trinajstić information content (AvgIpc) is 3.30. The van der Waals surface area contributed by atoms with Crippen LogP contribution >= 0.6 is 0 Å². The molecule has 2 N–H and O–H groups in total. The van der Waals surface area contributed by atoms with Crippen molar-refractivity contribution >= 4 is 23.6 Å². The highest BCUT2D eigenvalue weighted by Crippen LogP contribution is 2.20. The number of anilines is 1. The lowest BCUT2D eigenvalue weighted by Crippen LogP contribution is -2.53. The average molecular weight is 552 g/mol. The zero-order valence-electron chi connectivity index (χ0n) is 21.0. The van der Waals surface area contributed by atoms with E-state index in [1.165, 1.54) is 17.0 Å². The monoisotopic (exact) mass is 552 g/mol. The molecule has 0 saturated carbocycles. The van der Waals surface area contributed by atoms with Crippen LogP contribution in [0.25, 0.3) is 0 Å². The summed E-state index contributed by atoms with van der Waals surface area (Å²) < 4.78 is 48.0. The van der Waals surface area contributed by atoms with Crippen molar-refractivity contribution in [1.29, 1.82) is 0 Å². The summed E-state index contributed by atoms with van der Waals surface area (Å²) in [6, 6.07) is 4.31. The lowest BCUT2D eigenvalue weighted by atomic mass is 10.0. The number of nitrogens with zero attached hydrogens (tertiary/aromatic N) is 5. The van der Waals surface area contributed by atoms with E-state index in [2.05, 4.69) is 15.2 Å². The number of carboxylic acid groups (broad SMARTS) is 1. The summed E-state index contributed by atoms with van der Waals surface area (Å²) in [5.41, 5.74) is 2.30. The number of H-pyrrole nitrogens is 1. The van der Waals surface area contributed by atoms with Gasteiger partial charge >= 0.3 is 12.1 Å². The molecular weight excluding hydrogens is 528 g/mol. The number of carbonyl (C=O) groups is 3. The molecule has 2 aromatic heterocycles. The predicted octanol–water partition coefficient (Wildman–Crippen LogP) is 1.97. The number of hydrogen-bond donors (Lipinski definition) is 2. The van der Waals surface area contributed by atoms with Crippen LogP contribution in [0.3, 0.4) is 0 Å². The third kappa shape index (κ3) is 6.66. The number of piperazine rings is 1. The highest BCUT2D eigenvalue weighted by atomic mass is 19.4. The van der Waals surface area contributed by atoms with Crippen LogP contribution in [-0.4, -0.2) is 73.3 Å². The number of halogens is 4. The van der Waals surface area contributed by atoms with Crippen molar-refractivity contribution in [3.8, 4) is 0 Å². The number of aryl methyl sites for hydroxylation is 1. The number of carboxylic acids is 1. The van der Waals surface area contributed by atoms with E-state index < -0.39 is 23.9 Å². The Bertz CT molecular complexity index is 1470. The Morgan fingerprint density at radius 3 is 2.36 bits per heavy atom. The first-order valence-electron chi connectivity index (χ1n) is 11.4.